The number of nitrogens with zero attached hydrogens (tertiary/aromatic N) is 5. The molecule has 0 spiro atoms. The number of aromatic amines is 1. The summed E-state index contributed by atoms with van der Waals surface area (Å²) < 4.78 is 1.75. The van der Waals surface area contributed by atoms with Gasteiger partial charge in [-0.3, -0.25) is 0 Å². The van der Waals surface area contributed by atoms with Crippen molar-refractivity contribution >= 4 is 22.6 Å². The number of hydrogen-bond acceptors (Lipinski definition) is 6. The molecule has 3 N–H and O–H groups in total. The van der Waals surface area contributed by atoms with Crippen molar-refractivity contribution in [2.45, 2.75) is 44.2 Å². The Morgan fingerprint density at radius 1 is 1.26 bits per heavy atom. The van der Waals surface area contributed by atoms with E-state index in [1.807, 2.05) is 37.6 Å². The Balaban J connectivity index is 1.41. The van der Waals surface area contributed by atoms with Crippen molar-refractivity contribution in [1.29, 1.82) is 0 Å². The van der Waals surface area contributed by atoms with Crippen LogP contribution in [0.25, 0.3) is 27.9 Å². The van der Waals surface area contributed by atoms with Gasteiger partial charge in [0.05, 0.1) is 11.3 Å². The highest BCUT2D eigenvalue weighted by molar-refractivity contribution is 5.92. The Bertz CT molecular complexity index is 1100. The molecule has 0 unspecified atom stereocenters. The maximum Gasteiger partial charge on any atom is 0.224 e. The lowest BCUT2D eigenvalue weighted by atomic mass is 9.84. The molecule has 0 aliphatic heterocycles. The summed E-state index contributed by atoms with van der Waals surface area (Å²) in [6, 6.07) is 4.18. The smallest absolute Gasteiger partial charge is 0.224 e. The summed E-state index contributed by atoms with van der Waals surface area (Å²) in [5, 5.41) is 19.0. The number of aliphatic hydroxyl groups is 1. The third-order valence-corrected chi connectivity index (χ3v) is 5.36. The number of rotatable bonds is 3. The maximum absolute atomic E-state index is 10.1. The molecular formula is C19H21N7O. The Morgan fingerprint density at radius 2 is 2.11 bits per heavy atom. The first-order chi connectivity index (χ1) is 13.1. The first-order valence-electron chi connectivity index (χ1n) is 9.21. The molecule has 0 radical (unpaired) electrons. The molecule has 5 rings (SSSR count). The minimum absolute atomic E-state index is 0.294. The molecule has 0 amide bonds. The van der Waals surface area contributed by atoms with Crippen LogP contribution in [0.3, 0.4) is 0 Å². The lowest BCUT2D eigenvalue weighted by Crippen LogP contribution is -2.36. The second-order valence-electron chi connectivity index (χ2n) is 7.52. The summed E-state index contributed by atoms with van der Waals surface area (Å²) >= 11 is 0. The Labute approximate surface area is 155 Å². The van der Waals surface area contributed by atoms with Crippen LogP contribution in [-0.4, -0.2) is 46.3 Å². The van der Waals surface area contributed by atoms with E-state index in [9.17, 15) is 5.11 Å². The van der Waals surface area contributed by atoms with Crippen LogP contribution in [0, 0.1) is 0 Å². The third kappa shape index (κ3) is 3.02. The van der Waals surface area contributed by atoms with Gasteiger partial charge in [0.15, 0.2) is 5.65 Å². The molecule has 8 nitrogen and oxygen atoms in total. The van der Waals surface area contributed by atoms with Crippen LogP contribution >= 0.6 is 0 Å². The zero-order valence-electron chi connectivity index (χ0n) is 15.1. The molecule has 27 heavy (non-hydrogen) atoms. The number of anilines is 1. The topological polar surface area (TPSA) is 104 Å². The second kappa shape index (κ2) is 6.02. The summed E-state index contributed by atoms with van der Waals surface area (Å²) in [7, 11) is 0. The molecule has 8 heteroatoms. The van der Waals surface area contributed by atoms with Gasteiger partial charge in [-0.1, -0.05) is 0 Å². The predicted octanol–water partition coefficient (Wildman–Crippen LogP) is 2.77. The molecule has 0 atom stereocenters. The highest BCUT2D eigenvalue weighted by atomic mass is 16.3. The molecule has 138 valence electrons. The summed E-state index contributed by atoms with van der Waals surface area (Å²) in [6.07, 6.45) is 10.7. The highest BCUT2D eigenvalue weighted by Gasteiger charge is 2.28. The Kier molecular flexibility index (Phi) is 3.61. The lowest BCUT2D eigenvalue weighted by Gasteiger charge is -2.33. The quantitative estimate of drug-likeness (QED) is 0.517. The fraction of sp³-hybridized carbons (Fsp3) is 0.368. The molecule has 4 aromatic heterocycles. The van der Waals surface area contributed by atoms with Crippen LogP contribution in [0.1, 0.15) is 32.6 Å². The van der Waals surface area contributed by atoms with E-state index in [0.29, 0.717) is 12.0 Å². The number of H-pyrrole nitrogens is 1. The van der Waals surface area contributed by atoms with E-state index in [-0.39, 0.29) is 0 Å². The monoisotopic (exact) mass is 363 g/mol. The zero-order valence-corrected chi connectivity index (χ0v) is 15.1. The van der Waals surface area contributed by atoms with Crippen molar-refractivity contribution in [3.63, 3.8) is 0 Å². The lowest BCUT2D eigenvalue weighted by molar-refractivity contribution is 0.0196. The van der Waals surface area contributed by atoms with Crippen molar-refractivity contribution < 1.29 is 5.11 Å². The number of fused-ring (bicyclic) bond motifs is 2. The van der Waals surface area contributed by atoms with Crippen LogP contribution in [0.4, 0.5) is 5.95 Å². The van der Waals surface area contributed by atoms with Crippen molar-refractivity contribution in [1.82, 2.24) is 29.5 Å². The molecule has 1 aliphatic rings. The van der Waals surface area contributed by atoms with Crippen LogP contribution in [-0.2, 0) is 0 Å². The molecular weight excluding hydrogens is 342 g/mol. The average molecular weight is 363 g/mol. The van der Waals surface area contributed by atoms with Gasteiger partial charge in [0.1, 0.15) is 5.65 Å². The molecule has 0 aromatic carbocycles. The predicted molar refractivity (Wildman–Crippen MR) is 102 cm³/mol. The molecule has 4 aromatic rings. The van der Waals surface area contributed by atoms with Crippen molar-refractivity contribution in [2.24, 2.45) is 0 Å². The van der Waals surface area contributed by atoms with E-state index < -0.39 is 5.60 Å². The molecule has 1 aliphatic carbocycles. The standard InChI is InChI=1S/C19H21N7O/c1-19(27)6-4-12(5-7-19)23-18-22-11-14-13(10-21-17(14)24-18)15-2-3-16-20-8-9-26(16)25-15/h2-3,8-12,27H,4-7H2,1H3,(H2,21,22,23,24)/t12-,19-. The van der Waals surface area contributed by atoms with Gasteiger partial charge in [-0.25, -0.2) is 14.5 Å². The first kappa shape index (κ1) is 16.2. The van der Waals surface area contributed by atoms with Gasteiger partial charge in [-0.2, -0.15) is 10.1 Å². The molecule has 0 bridgehead atoms. The van der Waals surface area contributed by atoms with Crippen molar-refractivity contribution in [2.75, 3.05) is 5.32 Å². The van der Waals surface area contributed by atoms with Crippen LogP contribution in [0.5, 0.6) is 0 Å². The fourth-order valence-corrected chi connectivity index (χ4v) is 3.71. The summed E-state index contributed by atoms with van der Waals surface area (Å²) in [4.78, 5) is 16.6. The van der Waals surface area contributed by atoms with Gasteiger partial charge in [-0.05, 0) is 44.7 Å². The van der Waals surface area contributed by atoms with Gasteiger partial charge >= 0.3 is 0 Å². The van der Waals surface area contributed by atoms with Crippen molar-refractivity contribution in [3.8, 4) is 11.3 Å². The maximum atomic E-state index is 10.1. The van der Waals surface area contributed by atoms with E-state index in [1.54, 1.807) is 10.7 Å². The SMILES string of the molecule is C[C@]1(O)CC[C@H](Nc2ncc3c(-c4ccc5nccn5n4)c[nH]c3n2)CC1. The number of imidazole rings is 1. The number of aromatic nitrogens is 6. The van der Waals surface area contributed by atoms with E-state index in [0.717, 1.165) is 53.6 Å². The van der Waals surface area contributed by atoms with Gasteiger partial charge in [0, 0.05) is 41.8 Å². The number of nitrogens with one attached hydrogen (secondary N) is 2. The van der Waals surface area contributed by atoms with E-state index in [2.05, 4.69) is 30.4 Å². The molecule has 1 saturated carbocycles. The zero-order chi connectivity index (χ0) is 18.4. The highest BCUT2D eigenvalue weighted by Crippen LogP contribution is 2.30. The van der Waals surface area contributed by atoms with Gasteiger partial charge in [0.2, 0.25) is 5.95 Å². The van der Waals surface area contributed by atoms with Crippen LogP contribution in [0.15, 0.2) is 36.9 Å². The molecule has 4 heterocycles. The third-order valence-electron chi connectivity index (χ3n) is 5.36. The van der Waals surface area contributed by atoms with Crippen molar-refractivity contribution in [3.05, 3.63) is 36.9 Å². The first-order valence-corrected chi connectivity index (χ1v) is 9.21. The van der Waals surface area contributed by atoms with E-state index in [1.165, 1.54) is 0 Å². The van der Waals surface area contributed by atoms with E-state index in [4.69, 9.17) is 0 Å². The fourth-order valence-electron chi connectivity index (χ4n) is 3.71. The average Bonchev–Trinajstić information content (AvgIpc) is 3.29. The molecule has 0 saturated heterocycles. The molecule has 1 fully saturated rings. The summed E-state index contributed by atoms with van der Waals surface area (Å²) in [6.45, 7) is 1.90. The van der Waals surface area contributed by atoms with Gasteiger partial charge in [0.25, 0.3) is 0 Å². The minimum atomic E-state index is -0.541. The van der Waals surface area contributed by atoms with E-state index >= 15 is 0 Å². The van der Waals surface area contributed by atoms with Crippen LogP contribution in [0.2, 0.25) is 0 Å². The summed E-state index contributed by atoms with van der Waals surface area (Å²) in [5.74, 6) is 0.612. The largest absolute Gasteiger partial charge is 0.390 e. The Hall–Kier alpha value is -3.00. The Morgan fingerprint density at radius 3 is 2.96 bits per heavy atom. The minimum Gasteiger partial charge on any atom is -0.390 e. The summed E-state index contributed by atoms with van der Waals surface area (Å²) in [5.41, 5.74) is 2.85. The van der Waals surface area contributed by atoms with Gasteiger partial charge in [-0.15, -0.1) is 0 Å². The second-order valence-corrected chi connectivity index (χ2v) is 7.52. The van der Waals surface area contributed by atoms with Crippen LogP contribution < -0.4 is 5.32 Å². The normalized spacial score (nSPS) is 23.1. The number of hydrogen-bond donors (Lipinski definition) is 3. The van der Waals surface area contributed by atoms with Gasteiger partial charge < -0.3 is 15.4 Å².